The Morgan fingerprint density at radius 1 is 1.33 bits per heavy atom. The van der Waals surface area contributed by atoms with E-state index in [0.29, 0.717) is 10.8 Å². The summed E-state index contributed by atoms with van der Waals surface area (Å²) in [4.78, 5) is 12.3. The van der Waals surface area contributed by atoms with Crippen LogP contribution >= 0.6 is 11.6 Å². The average Bonchev–Trinajstić information content (AvgIpc) is 2.50. The summed E-state index contributed by atoms with van der Waals surface area (Å²) in [5.41, 5.74) is -0.479. The molecular weight excluding hydrogens is 290 g/mol. The Balaban J connectivity index is 1.93. The summed E-state index contributed by atoms with van der Waals surface area (Å²) in [5, 5.41) is 13.2. The van der Waals surface area contributed by atoms with Gasteiger partial charge < -0.3 is 15.2 Å². The van der Waals surface area contributed by atoms with Gasteiger partial charge >= 0.3 is 0 Å². The van der Waals surface area contributed by atoms with Crippen molar-refractivity contribution in [2.75, 3.05) is 6.61 Å². The first-order chi connectivity index (χ1) is 10.0. The zero-order chi connectivity index (χ0) is 15.3. The van der Waals surface area contributed by atoms with E-state index in [1.807, 2.05) is 0 Å². The lowest BCUT2D eigenvalue weighted by Gasteiger charge is -2.37. The molecule has 0 bridgehead atoms. The van der Waals surface area contributed by atoms with Crippen LogP contribution in [0.1, 0.15) is 39.0 Å². The number of aliphatic hydroxyl groups is 1. The Morgan fingerprint density at radius 3 is 2.52 bits per heavy atom. The van der Waals surface area contributed by atoms with Gasteiger partial charge in [-0.2, -0.15) is 0 Å². The van der Waals surface area contributed by atoms with Gasteiger partial charge in [-0.05, 0) is 44.0 Å². The van der Waals surface area contributed by atoms with E-state index in [4.69, 9.17) is 16.3 Å². The van der Waals surface area contributed by atoms with Crippen molar-refractivity contribution in [3.8, 4) is 5.75 Å². The summed E-state index contributed by atoms with van der Waals surface area (Å²) in [6.07, 6.45) is 4.26. The van der Waals surface area contributed by atoms with E-state index in [2.05, 4.69) is 5.32 Å². The molecule has 1 aliphatic rings. The molecule has 1 fully saturated rings. The Kier molecular flexibility index (Phi) is 5.48. The van der Waals surface area contributed by atoms with E-state index in [1.165, 1.54) is 0 Å². The van der Waals surface area contributed by atoms with E-state index >= 15 is 0 Å². The number of carbonyl (C=O) groups is 1. The van der Waals surface area contributed by atoms with Gasteiger partial charge in [0.1, 0.15) is 5.75 Å². The maximum atomic E-state index is 12.3. The smallest absolute Gasteiger partial charge is 0.261 e. The number of nitrogens with one attached hydrogen (secondary N) is 1. The lowest BCUT2D eigenvalue weighted by Crippen LogP contribution is -2.55. The minimum atomic E-state index is -0.614. The third-order valence-corrected chi connectivity index (χ3v) is 4.25. The van der Waals surface area contributed by atoms with Crippen LogP contribution in [0.25, 0.3) is 0 Å². The van der Waals surface area contributed by atoms with Gasteiger partial charge in [-0.15, -0.1) is 0 Å². The van der Waals surface area contributed by atoms with Crippen molar-refractivity contribution >= 4 is 17.5 Å². The first kappa shape index (κ1) is 16.1. The molecule has 1 unspecified atom stereocenters. The lowest BCUT2D eigenvalue weighted by molar-refractivity contribution is -0.130. The molecule has 1 saturated carbocycles. The Bertz CT molecular complexity index is 469. The van der Waals surface area contributed by atoms with Gasteiger partial charge in [0.15, 0.2) is 6.10 Å². The molecule has 0 radical (unpaired) electrons. The predicted octanol–water partition coefficient (Wildman–Crippen LogP) is 2.92. The van der Waals surface area contributed by atoms with E-state index in [1.54, 1.807) is 31.2 Å². The number of hydrogen-bond acceptors (Lipinski definition) is 3. The zero-order valence-corrected chi connectivity index (χ0v) is 13.0. The summed E-state index contributed by atoms with van der Waals surface area (Å²) in [7, 11) is 0. The predicted molar refractivity (Wildman–Crippen MR) is 82.6 cm³/mol. The number of amides is 1. The van der Waals surface area contributed by atoms with Crippen LogP contribution in [0.5, 0.6) is 5.75 Å². The quantitative estimate of drug-likeness (QED) is 0.879. The van der Waals surface area contributed by atoms with Crippen molar-refractivity contribution in [1.82, 2.24) is 5.32 Å². The van der Waals surface area contributed by atoms with E-state index in [9.17, 15) is 9.90 Å². The van der Waals surface area contributed by atoms with Crippen LogP contribution in [0.4, 0.5) is 0 Å². The molecular formula is C16H22ClNO3. The fraction of sp³-hybridized carbons (Fsp3) is 0.562. The minimum Gasteiger partial charge on any atom is -0.481 e. The second-order valence-electron chi connectivity index (χ2n) is 5.70. The maximum absolute atomic E-state index is 12.3. The van der Waals surface area contributed by atoms with Gasteiger partial charge in [0.25, 0.3) is 5.91 Å². The SMILES string of the molecule is CC(Oc1ccc(Cl)cc1)C(=O)NC1(CO)CCCCC1. The van der Waals surface area contributed by atoms with Crippen LogP contribution in [0, 0.1) is 0 Å². The van der Waals surface area contributed by atoms with Gasteiger partial charge in [0.2, 0.25) is 0 Å². The molecule has 0 spiro atoms. The molecule has 2 rings (SSSR count). The summed E-state index contributed by atoms with van der Waals surface area (Å²) >= 11 is 5.81. The maximum Gasteiger partial charge on any atom is 0.261 e. The summed E-state index contributed by atoms with van der Waals surface area (Å²) < 4.78 is 5.61. The number of carbonyl (C=O) groups excluding carboxylic acids is 1. The third-order valence-electron chi connectivity index (χ3n) is 4.00. The monoisotopic (exact) mass is 311 g/mol. The van der Waals surface area contributed by atoms with Gasteiger partial charge in [0, 0.05) is 5.02 Å². The highest BCUT2D eigenvalue weighted by molar-refractivity contribution is 6.30. The van der Waals surface area contributed by atoms with Crippen molar-refractivity contribution in [2.45, 2.75) is 50.7 Å². The van der Waals surface area contributed by atoms with Crippen molar-refractivity contribution in [2.24, 2.45) is 0 Å². The van der Waals surface area contributed by atoms with Crippen molar-refractivity contribution in [1.29, 1.82) is 0 Å². The molecule has 0 aliphatic heterocycles. The molecule has 1 aromatic carbocycles. The number of benzene rings is 1. The molecule has 0 aromatic heterocycles. The van der Waals surface area contributed by atoms with Crippen LogP contribution in [0.3, 0.4) is 0 Å². The fourth-order valence-electron chi connectivity index (χ4n) is 2.68. The van der Waals surface area contributed by atoms with Crippen molar-refractivity contribution in [3.05, 3.63) is 29.3 Å². The van der Waals surface area contributed by atoms with Crippen molar-refractivity contribution < 1.29 is 14.6 Å². The molecule has 0 saturated heterocycles. The van der Waals surface area contributed by atoms with Gasteiger partial charge in [-0.3, -0.25) is 4.79 Å². The Labute approximate surface area is 130 Å². The Morgan fingerprint density at radius 2 is 1.95 bits per heavy atom. The first-order valence-electron chi connectivity index (χ1n) is 7.40. The fourth-order valence-corrected chi connectivity index (χ4v) is 2.81. The summed E-state index contributed by atoms with van der Waals surface area (Å²) in [6, 6.07) is 6.90. The first-order valence-corrected chi connectivity index (χ1v) is 7.78. The van der Waals surface area contributed by atoms with E-state index in [0.717, 1.165) is 32.1 Å². The normalized spacial score (nSPS) is 18.8. The number of halogens is 1. The molecule has 21 heavy (non-hydrogen) atoms. The lowest BCUT2D eigenvalue weighted by atomic mass is 9.82. The minimum absolute atomic E-state index is 0.0214. The topological polar surface area (TPSA) is 58.6 Å². The van der Waals surface area contributed by atoms with Crippen LogP contribution in [-0.2, 0) is 4.79 Å². The van der Waals surface area contributed by atoms with Crippen molar-refractivity contribution in [3.63, 3.8) is 0 Å². The highest BCUT2D eigenvalue weighted by atomic mass is 35.5. The average molecular weight is 312 g/mol. The summed E-state index contributed by atoms with van der Waals surface area (Å²) in [6.45, 7) is 1.68. The number of rotatable bonds is 5. The number of ether oxygens (including phenoxy) is 1. The van der Waals surface area contributed by atoms with Crippen LogP contribution in [-0.4, -0.2) is 29.3 Å². The van der Waals surface area contributed by atoms with E-state index in [-0.39, 0.29) is 12.5 Å². The second kappa shape index (κ2) is 7.14. The highest BCUT2D eigenvalue weighted by Gasteiger charge is 2.34. The van der Waals surface area contributed by atoms with Gasteiger partial charge in [0.05, 0.1) is 12.1 Å². The molecule has 116 valence electrons. The third kappa shape index (κ3) is 4.35. The molecule has 1 atom stereocenters. The number of aliphatic hydroxyl groups excluding tert-OH is 1. The molecule has 2 N–H and O–H groups in total. The molecule has 1 aliphatic carbocycles. The molecule has 4 nitrogen and oxygen atoms in total. The van der Waals surface area contributed by atoms with Gasteiger partial charge in [-0.25, -0.2) is 0 Å². The van der Waals surface area contributed by atoms with Gasteiger partial charge in [-0.1, -0.05) is 30.9 Å². The standard InChI is InChI=1S/C16H22ClNO3/c1-12(21-14-7-5-13(17)6-8-14)15(20)18-16(11-19)9-3-2-4-10-16/h5-8,12,19H,2-4,9-11H2,1H3,(H,18,20). The highest BCUT2D eigenvalue weighted by Crippen LogP contribution is 2.28. The molecule has 1 aromatic rings. The van der Waals surface area contributed by atoms with Crippen LogP contribution < -0.4 is 10.1 Å². The second-order valence-corrected chi connectivity index (χ2v) is 6.14. The zero-order valence-electron chi connectivity index (χ0n) is 12.3. The van der Waals surface area contributed by atoms with Crippen LogP contribution in [0.2, 0.25) is 5.02 Å². The largest absolute Gasteiger partial charge is 0.481 e. The molecule has 5 heteroatoms. The van der Waals surface area contributed by atoms with Crippen LogP contribution in [0.15, 0.2) is 24.3 Å². The Hall–Kier alpha value is -1.26. The molecule has 1 amide bonds. The number of hydrogen-bond donors (Lipinski definition) is 2. The van der Waals surface area contributed by atoms with E-state index < -0.39 is 11.6 Å². The molecule has 0 heterocycles. The summed E-state index contributed by atoms with van der Waals surface area (Å²) in [5.74, 6) is 0.407.